The van der Waals surface area contributed by atoms with Gasteiger partial charge in [-0.3, -0.25) is 4.79 Å². The highest BCUT2D eigenvalue weighted by molar-refractivity contribution is 6.03. The van der Waals surface area contributed by atoms with Crippen molar-refractivity contribution in [3.05, 3.63) is 35.9 Å². The van der Waals surface area contributed by atoms with E-state index in [0.717, 1.165) is 23.7 Å². The summed E-state index contributed by atoms with van der Waals surface area (Å²) in [5, 5.41) is 0. The highest BCUT2D eigenvalue weighted by Gasteiger charge is 2.54. The Hall–Kier alpha value is -1.64. The standard InChI is InChI=1S/C20H25NO2/c1-2-23-19(21-18(22)17-6-4-3-5-7-17)20-11-14-8-15(12-20)10-16(9-14)13-20/h3-7,14-16H,2,8-13H2,1H3. The van der Waals surface area contributed by atoms with Gasteiger partial charge in [0.05, 0.1) is 6.61 Å². The molecule has 0 heterocycles. The summed E-state index contributed by atoms with van der Waals surface area (Å²) in [7, 11) is 0. The second kappa shape index (κ2) is 5.77. The average Bonchev–Trinajstić information content (AvgIpc) is 2.54. The first kappa shape index (κ1) is 14.9. The lowest BCUT2D eigenvalue weighted by Crippen LogP contribution is -2.50. The molecule has 4 saturated carbocycles. The van der Waals surface area contributed by atoms with Gasteiger partial charge in [0.15, 0.2) is 5.90 Å². The number of rotatable bonds is 3. The molecule has 0 N–H and O–H groups in total. The first-order valence-corrected chi connectivity index (χ1v) is 9.00. The van der Waals surface area contributed by atoms with Gasteiger partial charge in [0.1, 0.15) is 0 Å². The number of nitrogens with zero attached hydrogens (tertiary/aromatic N) is 1. The summed E-state index contributed by atoms with van der Waals surface area (Å²) in [5.74, 6) is 3.02. The molecule has 4 aliphatic carbocycles. The zero-order chi connectivity index (χ0) is 15.9. The summed E-state index contributed by atoms with van der Waals surface area (Å²) in [4.78, 5) is 17.0. The van der Waals surface area contributed by atoms with Crippen LogP contribution in [0.1, 0.15) is 55.8 Å². The summed E-state index contributed by atoms with van der Waals surface area (Å²) in [6, 6.07) is 9.34. The third-order valence-corrected chi connectivity index (χ3v) is 6.00. The van der Waals surface area contributed by atoms with Gasteiger partial charge in [0.2, 0.25) is 0 Å². The van der Waals surface area contributed by atoms with E-state index in [1.165, 1.54) is 38.5 Å². The fourth-order valence-corrected chi connectivity index (χ4v) is 5.55. The Balaban J connectivity index is 1.65. The first-order chi connectivity index (χ1) is 11.2. The Bertz CT molecular complexity index is 585. The lowest BCUT2D eigenvalue weighted by atomic mass is 9.49. The van der Waals surface area contributed by atoms with Gasteiger partial charge in [0.25, 0.3) is 5.91 Å². The zero-order valence-corrected chi connectivity index (χ0v) is 13.8. The van der Waals surface area contributed by atoms with E-state index in [4.69, 9.17) is 4.74 Å². The van der Waals surface area contributed by atoms with Gasteiger partial charge < -0.3 is 4.74 Å². The largest absolute Gasteiger partial charge is 0.481 e. The number of carbonyl (C=O) groups is 1. The highest BCUT2D eigenvalue weighted by atomic mass is 16.5. The molecule has 4 aliphatic rings. The van der Waals surface area contributed by atoms with Crippen LogP contribution < -0.4 is 0 Å². The van der Waals surface area contributed by atoms with Crippen LogP contribution in [0.15, 0.2) is 35.3 Å². The Labute approximate surface area is 138 Å². The molecule has 4 bridgehead atoms. The SMILES string of the molecule is CCOC(=NC(=O)c1ccccc1)C12CC3CC(CC(C3)C1)C2. The lowest BCUT2D eigenvalue weighted by molar-refractivity contribution is -0.0244. The minimum absolute atomic E-state index is 0.0369. The van der Waals surface area contributed by atoms with Crippen LogP contribution in [0.4, 0.5) is 0 Å². The van der Waals surface area contributed by atoms with Crippen LogP contribution in [0.2, 0.25) is 0 Å². The fourth-order valence-electron chi connectivity index (χ4n) is 5.55. The van der Waals surface area contributed by atoms with E-state index in [1.54, 1.807) is 0 Å². The van der Waals surface area contributed by atoms with Crippen molar-refractivity contribution in [2.45, 2.75) is 45.4 Å². The Morgan fingerprint density at radius 1 is 1.09 bits per heavy atom. The third kappa shape index (κ3) is 2.71. The molecule has 0 saturated heterocycles. The topological polar surface area (TPSA) is 38.7 Å². The Morgan fingerprint density at radius 3 is 2.17 bits per heavy atom. The molecule has 0 unspecified atom stereocenters. The minimum Gasteiger partial charge on any atom is -0.481 e. The molecule has 1 aromatic carbocycles. The van der Waals surface area contributed by atoms with E-state index in [9.17, 15) is 4.79 Å². The van der Waals surface area contributed by atoms with Crippen LogP contribution in [0.5, 0.6) is 0 Å². The van der Waals surface area contributed by atoms with Gasteiger partial charge in [-0.15, -0.1) is 0 Å². The molecule has 23 heavy (non-hydrogen) atoms. The predicted octanol–water partition coefficient (Wildman–Crippen LogP) is 4.48. The van der Waals surface area contributed by atoms with E-state index < -0.39 is 0 Å². The van der Waals surface area contributed by atoms with E-state index in [0.29, 0.717) is 12.2 Å². The summed E-state index contributed by atoms with van der Waals surface area (Å²) in [6.07, 6.45) is 7.64. The molecule has 5 rings (SSSR count). The van der Waals surface area contributed by atoms with Crippen molar-refractivity contribution in [3.63, 3.8) is 0 Å². The molecule has 4 fully saturated rings. The van der Waals surface area contributed by atoms with Crippen molar-refractivity contribution in [1.82, 2.24) is 0 Å². The van der Waals surface area contributed by atoms with Gasteiger partial charge in [-0.05, 0) is 75.3 Å². The van der Waals surface area contributed by atoms with Crippen LogP contribution >= 0.6 is 0 Å². The molecule has 0 radical (unpaired) electrons. The number of hydrogen-bond donors (Lipinski definition) is 0. The first-order valence-electron chi connectivity index (χ1n) is 9.00. The number of benzene rings is 1. The summed E-state index contributed by atoms with van der Waals surface area (Å²) in [5.41, 5.74) is 0.685. The van der Waals surface area contributed by atoms with E-state index in [1.807, 2.05) is 37.3 Å². The van der Waals surface area contributed by atoms with Gasteiger partial charge in [-0.1, -0.05) is 18.2 Å². The smallest absolute Gasteiger partial charge is 0.279 e. The summed E-state index contributed by atoms with van der Waals surface area (Å²) < 4.78 is 5.95. The van der Waals surface area contributed by atoms with Gasteiger partial charge >= 0.3 is 0 Å². The second-order valence-electron chi connectivity index (χ2n) is 7.72. The van der Waals surface area contributed by atoms with Crippen molar-refractivity contribution in [2.75, 3.05) is 6.61 Å². The molecular weight excluding hydrogens is 286 g/mol. The van der Waals surface area contributed by atoms with Gasteiger partial charge in [0, 0.05) is 11.0 Å². The van der Waals surface area contributed by atoms with Crippen molar-refractivity contribution in [1.29, 1.82) is 0 Å². The van der Waals surface area contributed by atoms with E-state index >= 15 is 0 Å². The van der Waals surface area contributed by atoms with E-state index in [2.05, 4.69) is 4.99 Å². The quantitative estimate of drug-likeness (QED) is 0.610. The summed E-state index contributed by atoms with van der Waals surface area (Å²) >= 11 is 0. The number of ether oxygens (including phenoxy) is 1. The maximum atomic E-state index is 12.6. The van der Waals surface area contributed by atoms with Crippen LogP contribution in [0.25, 0.3) is 0 Å². The lowest BCUT2D eigenvalue weighted by Gasteiger charge is -2.56. The second-order valence-corrected chi connectivity index (χ2v) is 7.72. The maximum Gasteiger partial charge on any atom is 0.279 e. The van der Waals surface area contributed by atoms with Gasteiger partial charge in [-0.2, -0.15) is 4.99 Å². The monoisotopic (exact) mass is 311 g/mol. The summed E-state index contributed by atoms with van der Waals surface area (Å²) in [6.45, 7) is 2.58. The molecule has 0 aliphatic heterocycles. The number of amides is 1. The Morgan fingerprint density at radius 2 is 1.65 bits per heavy atom. The normalized spacial score (nSPS) is 35.3. The molecule has 1 aromatic rings. The zero-order valence-electron chi connectivity index (χ0n) is 13.8. The predicted molar refractivity (Wildman–Crippen MR) is 90.4 cm³/mol. The number of hydrogen-bond acceptors (Lipinski definition) is 2. The number of carbonyl (C=O) groups excluding carboxylic acids is 1. The molecular formula is C20H25NO2. The van der Waals surface area contributed by atoms with Crippen LogP contribution in [-0.2, 0) is 4.74 Å². The van der Waals surface area contributed by atoms with Gasteiger partial charge in [-0.25, -0.2) is 0 Å². The molecule has 0 aromatic heterocycles. The third-order valence-electron chi connectivity index (χ3n) is 6.00. The molecule has 0 atom stereocenters. The molecule has 0 spiro atoms. The minimum atomic E-state index is -0.162. The molecule has 3 heteroatoms. The maximum absolute atomic E-state index is 12.6. The average molecular weight is 311 g/mol. The van der Waals surface area contributed by atoms with Crippen LogP contribution in [0, 0.1) is 23.2 Å². The van der Waals surface area contributed by atoms with Crippen molar-refractivity contribution < 1.29 is 9.53 Å². The highest BCUT2D eigenvalue weighted by Crippen LogP contribution is 2.60. The van der Waals surface area contributed by atoms with Crippen molar-refractivity contribution in [3.8, 4) is 0 Å². The van der Waals surface area contributed by atoms with Crippen LogP contribution in [-0.4, -0.2) is 18.4 Å². The fraction of sp³-hybridized carbons (Fsp3) is 0.600. The van der Waals surface area contributed by atoms with E-state index in [-0.39, 0.29) is 11.3 Å². The molecule has 122 valence electrons. The molecule has 1 amide bonds. The van der Waals surface area contributed by atoms with Crippen LogP contribution in [0.3, 0.4) is 0 Å². The Kier molecular flexibility index (Phi) is 3.74. The van der Waals surface area contributed by atoms with Crippen molar-refractivity contribution in [2.24, 2.45) is 28.2 Å². The number of aliphatic imine (C=N–C) groups is 1. The molecule has 3 nitrogen and oxygen atoms in total. The van der Waals surface area contributed by atoms with Crippen molar-refractivity contribution >= 4 is 11.8 Å².